The van der Waals surface area contributed by atoms with E-state index in [-0.39, 0.29) is 17.7 Å². The zero-order valence-electron chi connectivity index (χ0n) is 15.4. The highest BCUT2D eigenvalue weighted by molar-refractivity contribution is 6.34. The summed E-state index contributed by atoms with van der Waals surface area (Å²) in [6, 6.07) is 12.4. The summed E-state index contributed by atoms with van der Waals surface area (Å²) >= 11 is 6.42. The van der Waals surface area contributed by atoms with Gasteiger partial charge < -0.3 is 20.3 Å². The van der Waals surface area contributed by atoms with Crippen molar-refractivity contribution in [1.82, 2.24) is 0 Å². The van der Waals surface area contributed by atoms with E-state index in [0.717, 1.165) is 31.6 Å². The van der Waals surface area contributed by atoms with Gasteiger partial charge in [-0.3, -0.25) is 9.59 Å². The van der Waals surface area contributed by atoms with Crippen molar-refractivity contribution in [3.8, 4) is 0 Å². The molecule has 28 heavy (non-hydrogen) atoms. The molecular formula is C21H22ClN3O3. The third kappa shape index (κ3) is 4.29. The Balaban J connectivity index is 1.47. The Hall–Kier alpha value is -2.57. The van der Waals surface area contributed by atoms with E-state index in [0.29, 0.717) is 35.2 Å². The number of nitrogens with zero attached hydrogens (tertiary/aromatic N) is 1. The first kappa shape index (κ1) is 18.8. The summed E-state index contributed by atoms with van der Waals surface area (Å²) in [5.41, 5.74) is 2.70. The number of halogens is 1. The molecule has 2 aliphatic rings. The van der Waals surface area contributed by atoms with Crippen molar-refractivity contribution in [3.63, 3.8) is 0 Å². The summed E-state index contributed by atoms with van der Waals surface area (Å²) in [6.07, 6.45) is 1.91. The molecule has 0 bridgehead atoms. The lowest BCUT2D eigenvalue weighted by Crippen LogP contribution is -2.37. The minimum atomic E-state index is -0.225. The van der Waals surface area contributed by atoms with Gasteiger partial charge in [-0.05, 0) is 49.2 Å². The molecule has 1 heterocycles. The molecule has 4 rings (SSSR count). The normalized spacial score (nSPS) is 16.5. The molecular weight excluding hydrogens is 378 g/mol. The van der Waals surface area contributed by atoms with Crippen LogP contribution in [0, 0.1) is 5.92 Å². The summed E-state index contributed by atoms with van der Waals surface area (Å²) in [6.45, 7) is 2.71. The maximum Gasteiger partial charge on any atom is 0.255 e. The molecule has 0 aromatic heterocycles. The topological polar surface area (TPSA) is 70.7 Å². The fourth-order valence-corrected chi connectivity index (χ4v) is 3.51. The Labute approximate surface area is 168 Å². The number of hydrogen-bond donors (Lipinski definition) is 2. The number of rotatable bonds is 5. The van der Waals surface area contributed by atoms with Crippen LogP contribution < -0.4 is 15.5 Å². The summed E-state index contributed by atoms with van der Waals surface area (Å²) < 4.78 is 5.41. The van der Waals surface area contributed by atoms with E-state index < -0.39 is 0 Å². The molecule has 2 aromatic rings. The quantitative estimate of drug-likeness (QED) is 0.802. The molecule has 0 spiro atoms. The number of carbonyl (C=O) groups is 2. The second kappa shape index (κ2) is 8.20. The number of carbonyl (C=O) groups excluding carboxylic acids is 2. The number of ether oxygens (including phenoxy) is 1. The molecule has 1 saturated carbocycles. The van der Waals surface area contributed by atoms with E-state index in [1.165, 1.54) is 0 Å². The molecule has 146 valence electrons. The van der Waals surface area contributed by atoms with Crippen LogP contribution in [0.3, 0.4) is 0 Å². The standard InChI is InChI=1S/C21H22ClN3O3/c22-17-2-1-3-18(19(17)25-10-12-28-13-11-25)24-21(27)15-6-8-16(9-7-15)23-20(26)14-4-5-14/h1-3,6-9,14H,4-5,10-13H2,(H,23,26)(H,24,27). The fraction of sp³-hybridized carbons (Fsp3) is 0.333. The first-order valence-electron chi connectivity index (χ1n) is 9.45. The number of morpholine rings is 1. The van der Waals surface area contributed by atoms with Crippen molar-refractivity contribution in [3.05, 3.63) is 53.1 Å². The summed E-state index contributed by atoms with van der Waals surface area (Å²) in [5.74, 6) is -0.0347. The third-order valence-electron chi connectivity index (χ3n) is 4.93. The minimum absolute atomic E-state index is 0.0475. The fourth-order valence-electron chi connectivity index (χ4n) is 3.21. The Morgan fingerprint density at radius 3 is 2.39 bits per heavy atom. The van der Waals surface area contributed by atoms with Crippen LogP contribution >= 0.6 is 11.6 Å². The van der Waals surface area contributed by atoms with Crippen LogP contribution in [-0.2, 0) is 9.53 Å². The van der Waals surface area contributed by atoms with Crippen LogP contribution in [0.4, 0.5) is 17.1 Å². The highest BCUT2D eigenvalue weighted by Crippen LogP contribution is 2.35. The average molecular weight is 400 g/mol. The maximum atomic E-state index is 12.7. The van der Waals surface area contributed by atoms with E-state index in [4.69, 9.17) is 16.3 Å². The van der Waals surface area contributed by atoms with Gasteiger partial charge in [-0.25, -0.2) is 0 Å². The highest BCUT2D eigenvalue weighted by atomic mass is 35.5. The van der Waals surface area contributed by atoms with E-state index in [1.807, 2.05) is 18.2 Å². The van der Waals surface area contributed by atoms with Crippen molar-refractivity contribution >= 4 is 40.5 Å². The van der Waals surface area contributed by atoms with Gasteiger partial charge in [-0.2, -0.15) is 0 Å². The van der Waals surface area contributed by atoms with Crippen molar-refractivity contribution in [1.29, 1.82) is 0 Å². The molecule has 2 N–H and O–H groups in total. The Kier molecular flexibility index (Phi) is 5.50. The van der Waals surface area contributed by atoms with Crippen molar-refractivity contribution in [2.45, 2.75) is 12.8 Å². The van der Waals surface area contributed by atoms with Gasteiger partial charge in [0.1, 0.15) is 0 Å². The highest BCUT2D eigenvalue weighted by Gasteiger charge is 2.29. The second-order valence-corrected chi connectivity index (χ2v) is 7.44. The molecule has 0 atom stereocenters. The van der Waals surface area contributed by atoms with Crippen LogP contribution in [0.5, 0.6) is 0 Å². The first-order valence-corrected chi connectivity index (χ1v) is 9.83. The largest absolute Gasteiger partial charge is 0.378 e. The van der Waals surface area contributed by atoms with Gasteiger partial charge in [0.15, 0.2) is 0 Å². The molecule has 0 unspecified atom stereocenters. The van der Waals surface area contributed by atoms with E-state index >= 15 is 0 Å². The minimum Gasteiger partial charge on any atom is -0.378 e. The summed E-state index contributed by atoms with van der Waals surface area (Å²) in [7, 11) is 0. The zero-order chi connectivity index (χ0) is 19.5. The Morgan fingerprint density at radius 2 is 1.71 bits per heavy atom. The van der Waals surface area contributed by atoms with Crippen LogP contribution in [0.25, 0.3) is 0 Å². The Bertz CT molecular complexity index is 875. The van der Waals surface area contributed by atoms with E-state index in [9.17, 15) is 9.59 Å². The summed E-state index contributed by atoms with van der Waals surface area (Å²) in [4.78, 5) is 26.7. The lowest BCUT2D eigenvalue weighted by Gasteiger charge is -2.31. The summed E-state index contributed by atoms with van der Waals surface area (Å²) in [5, 5.41) is 6.43. The number of benzene rings is 2. The van der Waals surface area contributed by atoms with Crippen molar-refractivity contribution in [2.24, 2.45) is 5.92 Å². The smallest absolute Gasteiger partial charge is 0.255 e. The van der Waals surface area contributed by atoms with Crippen LogP contribution in [0.2, 0.25) is 5.02 Å². The van der Waals surface area contributed by atoms with Gasteiger partial charge in [0, 0.05) is 30.3 Å². The molecule has 6 nitrogen and oxygen atoms in total. The SMILES string of the molecule is O=C(Nc1cccc(Cl)c1N1CCOCC1)c1ccc(NC(=O)C2CC2)cc1. The van der Waals surface area contributed by atoms with E-state index in [2.05, 4.69) is 15.5 Å². The predicted octanol–water partition coefficient (Wildman–Crippen LogP) is 3.78. The molecule has 7 heteroatoms. The lowest BCUT2D eigenvalue weighted by atomic mass is 10.1. The van der Waals surface area contributed by atoms with Crippen LogP contribution in [-0.4, -0.2) is 38.1 Å². The Morgan fingerprint density at radius 1 is 1.00 bits per heavy atom. The number of anilines is 3. The monoisotopic (exact) mass is 399 g/mol. The second-order valence-electron chi connectivity index (χ2n) is 7.03. The molecule has 1 saturated heterocycles. The molecule has 1 aliphatic carbocycles. The maximum absolute atomic E-state index is 12.7. The van der Waals surface area contributed by atoms with Crippen molar-refractivity contribution < 1.29 is 14.3 Å². The van der Waals surface area contributed by atoms with Gasteiger partial charge in [0.2, 0.25) is 5.91 Å². The molecule has 0 radical (unpaired) electrons. The van der Waals surface area contributed by atoms with E-state index in [1.54, 1.807) is 24.3 Å². The first-order chi connectivity index (χ1) is 13.6. The van der Waals surface area contributed by atoms with Gasteiger partial charge in [0.05, 0.1) is 29.6 Å². The number of para-hydroxylation sites is 1. The number of hydrogen-bond acceptors (Lipinski definition) is 4. The van der Waals surface area contributed by atoms with Gasteiger partial charge in [-0.15, -0.1) is 0 Å². The third-order valence-corrected chi connectivity index (χ3v) is 5.23. The number of nitrogens with one attached hydrogen (secondary N) is 2. The van der Waals surface area contributed by atoms with Crippen molar-refractivity contribution in [2.75, 3.05) is 41.8 Å². The molecule has 2 amide bonds. The predicted molar refractivity (Wildman–Crippen MR) is 110 cm³/mol. The van der Waals surface area contributed by atoms with Gasteiger partial charge >= 0.3 is 0 Å². The molecule has 1 aliphatic heterocycles. The van der Waals surface area contributed by atoms with Gasteiger partial charge in [0.25, 0.3) is 5.91 Å². The van der Waals surface area contributed by atoms with Crippen LogP contribution in [0.15, 0.2) is 42.5 Å². The average Bonchev–Trinajstić information content (AvgIpc) is 3.55. The van der Waals surface area contributed by atoms with Gasteiger partial charge in [-0.1, -0.05) is 17.7 Å². The number of amides is 2. The molecule has 2 aromatic carbocycles. The zero-order valence-corrected chi connectivity index (χ0v) is 16.2. The van der Waals surface area contributed by atoms with Crippen LogP contribution in [0.1, 0.15) is 23.2 Å². The lowest BCUT2D eigenvalue weighted by molar-refractivity contribution is -0.117. The molecule has 2 fully saturated rings.